The predicted molar refractivity (Wildman–Crippen MR) is 64.3 cm³/mol. The van der Waals surface area contributed by atoms with Crippen molar-refractivity contribution >= 4 is 11.9 Å². The summed E-state index contributed by atoms with van der Waals surface area (Å²) in [5.41, 5.74) is 2.27. The molecule has 0 saturated heterocycles. The molecule has 0 saturated carbocycles. The minimum absolute atomic E-state index is 0.173. The molecular formula is C13H12N2O. The fourth-order valence-corrected chi connectivity index (χ4v) is 1.35. The number of benzene rings is 1. The minimum Gasteiger partial charge on any atom is -0.506 e. The van der Waals surface area contributed by atoms with Crippen molar-refractivity contribution < 1.29 is 5.11 Å². The fraction of sp³-hybridized carbons (Fsp3) is 0.0769. The number of nitrogens with zero attached hydrogens (tertiary/aromatic N) is 2. The Kier molecular flexibility index (Phi) is 2.96. The van der Waals surface area contributed by atoms with E-state index in [0.29, 0.717) is 5.69 Å². The van der Waals surface area contributed by atoms with Gasteiger partial charge >= 0.3 is 0 Å². The van der Waals surface area contributed by atoms with Crippen molar-refractivity contribution in [1.29, 1.82) is 0 Å². The normalized spacial score (nSPS) is 10.8. The molecule has 0 unspecified atom stereocenters. The summed E-state index contributed by atoms with van der Waals surface area (Å²) in [6.45, 7) is 1.93. The number of aryl methyl sites for hydroxylation is 1. The highest BCUT2D eigenvalue weighted by atomic mass is 16.3. The van der Waals surface area contributed by atoms with Gasteiger partial charge < -0.3 is 5.11 Å². The Morgan fingerprint density at radius 2 is 1.94 bits per heavy atom. The van der Waals surface area contributed by atoms with Crippen molar-refractivity contribution in [2.75, 3.05) is 0 Å². The molecule has 0 spiro atoms. The van der Waals surface area contributed by atoms with Crippen molar-refractivity contribution in [3.8, 4) is 5.75 Å². The van der Waals surface area contributed by atoms with E-state index in [4.69, 9.17) is 0 Å². The lowest BCUT2D eigenvalue weighted by molar-refractivity contribution is 0.477. The second kappa shape index (κ2) is 4.57. The number of aliphatic imine (C=N–C) groups is 1. The quantitative estimate of drug-likeness (QED) is 0.778. The summed E-state index contributed by atoms with van der Waals surface area (Å²) in [6, 6.07) is 12.7. The van der Waals surface area contributed by atoms with Gasteiger partial charge in [-0.05, 0) is 31.2 Å². The molecule has 0 radical (unpaired) electrons. The highest BCUT2D eigenvalue weighted by molar-refractivity contribution is 5.80. The zero-order valence-corrected chi connectivity index (χ0v) is 8.96. The first-order chi connectivity index (χ1) is 7.75. The predicted octanol–water partition coefficient (Wildman–Crippen LogP) is 2.85. The second-order valence-electron chi connectivity index (χ2n) is 3.45. The SMILES string of the molecule is Cc1cccc(C=Nc2ccccc2O)n1. The van der Waals surface area contributed by atoms with Gasteiger partial charge in [0.05, 0.1) is 11.9 Å². The average Bonchev–Trinajstić information content (AvgIpc) is 2.28. The molecule has 0 fully saturated rings. The summed E-state index contributed by atoms with van der Waals surface area (Å²) in [7, 11) is 0. The zero-order valence-electron chi connectivity index (χ0n) is 8.96. The van der Waals surface area contributed by atoms with Crippen molar-refractivity contribution in [2.45, 2.75) is 6.92 Å². The van der Waals surface area contributed by atoms with E-state index in [9.17, 15) is 5.11 Å². The molecule has 0 aliphatic heterocycles. The number of para-hydroxylation sites is 2. The number of aromatic nitrogens is 1. The topological polar surface area (TPSA) is 45.5 Å². The largest absolute Gasteiger partial charge is 0.506 e. The molecule has 0 aliphatic rings. The molecule has 3 nitrogen and oxygen atoms in total. The van der Waals surface area contributed by atoms with Gasteiger partial charge in [0.2, 0.25) is 0 Å². The molecule has 0 bridgehead atoms. The van der Waals surface area contributed by atoms with E-state index in [1.54, 1.807) is 24.4 Å². The van der Waals surface area contributed by atoms with Gasteiger partial charge in [0.15, 0.2) is 0 Å². The Morgan fingerprint density at radius 3 is 2.69 bits per heavy atom. The summed E-state index contributed by atoms with van der Waals surface area (Å²) in [5, 5.41) is 9.51. The molecule has 1 aromatic heterocycles. The maximum absolute atomic E-state index is 9.51. The number of phenolic OH excluding ortho intramolecular Hbond substituents is 1. The molecule has 3 heteroatoms. The van der Waals surface area contributed by atoms with Crippen molar-refractivity contribution in [3.05, 3.63) is 53.9 Å². The molecule has 0 aliphatic carbocycles. The van der Waals surface area contributed by atoms with E-state index in [0.717, 1.165) is 11.4 Å². The molecular weight excluding hydrogens is 200 g/mol. The van der Waals surface area contributed by atoms with Gasteiger partial charge in [0, 0.05) is 5.69 Å². The van der Waals surface area contributed by atoms with Crippen LogP contribution in [0.5, 0.6) is 5.75 Å². The third kappa shape index (κ3) is 2.45. The molecule has 0 amide bonds. The molecule has 2 rings (SSSR count). The Morgan fingerprint density at radius 1 is 1.12 bits per heavy atom. The Balaban J connectivity index is 2.25. The van der Waals surface area contributed by atoms with Gasteiger partial charge in [-0.2, -0.15) is 0 Å². The molecule has 0 atom stereocenters. The zero-order chi connectivity index (χ0) is 11.4. The van der Waals surface area contributed by atoms with Crippen molar-refractivity contribution in [3.63, 3.8) is 0 Å². The number of pyridine rings is 1. The summed E-state index contributed by atoms with van der Waals surface area (Å²) in [5.74, 6) is 0.173. The van der Waals surface area contributed by atoms with Gasteiger partial charge in [-0.3, -0.25) is 9.98 Å². The Labute approximate surface area is 94.1 Å². The molecule has 80 valence electrons. The Bertz CT molecular complexity index is 521. The van der Waals surface area contributed by atoms with Crippen LogP contribution in [0.1, 0.15) is 11.4 Å². The number of rotatable bonds is 2. The fourth-order valence-electron chi connectivity index (χ4n) is 1.35. The maximum Gasteiger partial charge on any atom is 0.141 e. The number of phenols is 1. The van der Waals surface area contributed by atoms with Gasteiger partial charge in [0.25, 0.3) is 0 Å². The summed E-state index contributed by atoms with van der Waals surface area (Å²) in [6.07, 6.45) is 1.64. The van der Waals surface area contributed by atoms with Crippen LogP contribution in [-0.4, -0.2) is 16.3 Å². The van der Waals surface area contributed by atoms with E-state index in [2.05, 4.69) is 9.98 Å². The van der Waals surface area contributed by atoms with Crippen LogP contribution in [0.4, 0.5) is 5.69 Å². The molecule has 2 aromatic rings. The lowest BCUT2D eigenvalue weighted by Gasteiger charge is -1.97. The van der Waals surface area contributed by atoms with Crippen molar-refractivity contribution in [1.82, 2.24) is 4.98 Å². The van der Waals surface area contributed by atoms with Crippen LogP contribution in [-0.2, 0) is 0 Å². The second-order valence-corrected chi connectivity index (χ2v) is 3.45. The molecule has 1 heterocycles. The Hall–Kier alpha value is -2.16. The highest BCUT2D eigenvalue weighted by Crippen LogP contribution is 2.24. The van der Waals surface area contributed by atoms with Crippen LogP contribution in [0.15, 0.2) is 47.5 Å². The summed E-state index contributed by atoms with van der Waals surface area (Å²) in [4.78, 5) is 8.47. The van der Waals surface area contributed by atoms with Crippen LogP contribution < -0.4 is 0 Å². The van der Waals surface area contributed by atoms with Crippen molar-refractivity contribution in [2.24, 2.45) is 4.99 Å². The van der Waals surface area contributed by atoms with Gasteiger partial charge in [-0.25, -0.2) is 0 Å². The van der Waals surface area contributed by atoms with Gasteiger partial charge in [0.1, 0.15) is 11.4 Å². The number of hydrogen-bond donors (Lipinski definition) is 1. The molecule has 1 N–H and O–H groups in total. The number of hydrogen-bond acceptors (Lipinski definition) is 3. The van der Waals surface area contributed by atoms with E-state index in [1.165, 1.54) is 0 Å². The van der Waals surface area contributed by atoms with Crippen LogP contribution >= 0.6 is 0 Å². The molecule has 1 aromatic carbocycles. The third-order valence-corrected chi connectivity index (χ3v) is 2.13. The maximum atomic E-state index is 9.51. The van der Waals surface area contributed by atoms with E-state index < -0.39 is 0 Å². The lowest BCUT2D eigenvalue weighted by Crippen LogP contribution is -1.88. The van der Waals surface area contributed by atoms with Crippen LogP contribution in [0.3, 0.4) is 0 Å². The monoisotopic (exact) mass is 212 g/mol. The smallest absolute Gasteiger partial charge is 0.141 e. The van der Waals surface area contributed by atoms with E-state index >= 15 is 0 Å². The molecule has 16 heavy (non-hydrogen) atoms. The van der Waals surface area contributed by atoms with Gasteiger partial charge in [-0.1, -0.05) is 18.2 Å². The summed E-state index contributed by atoms with van der Waals surface area (Å²) < 4.78 is 0. The van der Waals surface area contributed by atoms with Crippen LogP contribution in [0.2, 0.25) is 0 Å². The van der Waals surface area contributed by atoms with E-state index in [1.807, 2.05) is 31.2 Å². The third-order valence-electron chi connectivity index (χ3n) is 2.13. The number of aromatic hydroxyl groups is 1. The lowest BCUT2D eigenvalue weighted by atomic mass is 10.3. The van der Waals surface area contributed by atoms with Crippen LogP contribution in [0.25, 0.3) is 0 Å². The highest BCUT2D eigenvalue weighted by Gasteiger charge is 1.95. The minimum atomic E-state index is 0.173. The summed E-state index contributed by atoms with van der Waals surface area (Å²) >= 11 is 0. The first-order valence-electron chi connectivity index (χ1n) is 5.01. The van der Waals surface area contributed by atoms with Gasteiger partial charge in [-0.15, -0.1) is 0 Å². The van der Waals surface area contributed by atoms with E-state index in [-0.39, 0.29) is 5.75 Å². The average molecular weight is 212 g/mol. The first-order valence-corrected chi connectivity index (χ1v) is 5.01. The van der Waals surface area contributed by atoms with Crippen LogP contribution in [0, 0.1) is 6.92 Å². The first kappa shape index (κ1) is 10.4. The standard InChI is InChI=1S/C13H12N2O/c1-10-5-4-6-11(15-10)9-14-12-7-2-3-8-13(12)16/h2-9,16H,1H3.